The van der Waals surface area contributed by atoms with E-state index in [-0.39, 0.29) is 18.0 Å². The van der Waals surface area contributed by atoms with Crippen molar-refractivity contribution in [2.24, 2.45) is 5.92 Å². The Morgan fingerprint density at radius 2 is 2.17 bits per heavy atom. The minimum absolute atomic E-state index is 0.0180. The van der Waals surface area contributed by atoms with Gasteiger partial charge in [-0.2, -0.15) is 4.31 Å². The highest BCUT2D eigenvalue weighted by Gasteiger charge is 2.35. The van der Waals surface area contributed by atoms with Crippen LogP contribution in [0.1, 0.15) is 6.42 Å². The van der Waals surface area contributed by atoms with Gasteiger partial charge in [-0.3, -0.25) is 4.79 Å². The SMILES string of the molecule is O=C(O)C1CCN(S(=O)(=O)c2cccc(Cl)c2)C1. The highest BCUT2D eigenvalue weighted by atomic mass is 35.5. The number of nitrogens with zero attached hydrogens (tertiary/aromatic N) is 1. The van der Waals surface area contributed by atoms with E-state index in [1.54, 1.807) is 12.1 Å². The highest BCUT2D eigenvalue weighted by molar-refractivity contribution is 7.89. The van der Waals surface area contributed by atoms with Crippen LogP contribution < -0.4 is 0 Å². The van der Waals surface area contributed by atoms with Gasteiger partial charge in [0.15, 0.2) is 0 Å². The molecule has 1 unspecified atom stereocenters. The normalized spacial score (nSPS) is 21.1. The second kappa shape index (κ2) is 4.87. The van der Waals surface area contributed by atoms with Crippen molar-refractivity contribution in [2.45, 2.75) is 11.3 Å². The third-order valence-electron chi connectivity index (χ3n) is 2.93. The molecule has 18 heavy (non-hydrogen) atoms. The van der Waals surface area contributed by atoms with Gasteiger partial charge in [0.05, 0.1) is 10.8 Å². The fourth-order valence-corrected chi connectivity index (χ4v) is 3.73. The van der Waals surface area contributed by atoms with Gasteiger partial charge in [-0.15, -0.1) is 0 Å². The van der Waals surface area contributed by atoms with Crippen LogP contribution in [0, 0.1) is 5.92 Å². The second-order valence-corrected chi connectivity index (χ2v) is 6.52. The summed E-state index contributed by atoms with van der Waals surface area (Å²) in [7, 11) is -3.64. The van der Waals surface area contributed by atoms with Gasteiger partial charge < -0.3 is 5.11 Å². The predicted octanol–water partition coefficient (Wildman–Crippen LogP) is 1.44. The first-order valence-electron chi connectivity index (χ1n) is 5.40. The van der Waals surface area contributed by atoms with E-state index in [4.69, 9.17) is 16.7 Å². The number of rotatable bonds is 3. The van der Waals surface area contributed by atoms with Gasteiger partial charge in [0, 0.05) is 18.1 Å². The van der Waals surface area contributed by atoms with E-state index in [2.05, 4.69) is 0 Å². The maximum atomic E-state index is 12.2. The summed E-state index contributed by atoms with van der Waals surface area (Å²) >= 11 is 5.76. The van der Waals surface area contributed by atoms with Crippen LogP contribution in [-0.4, -0.2) is 36.9 Å². The number of benzene rings is 1. The number of sulfonamides is 1. The zero-order valence-corrected chi connectivity index (χ0v) is 11.0. The van der Waals surface area contributed by atoms with Crippen molar-refractivity contribution in [3.8, 4) is 0 Å². The van der Waals surface area contributed by atoms with Crippen molar-refractivity contribution in [3.05, 3.63) is 29.3 Å². The number of carbonyl (C=O) groups is 1. The number of aliphatic carboxylic acids is 1. The number of carboxylic acids is 1. The Kier molecular flexibility index (Phi) is 3.61. The van der Waals surface area contributed by atoms with Crippen LogP contribution in [-0.2, 0) is 14.8 Å². The minimum atomic E-state index is -3.64. The molecular formula is C11H12ClNO4S. The second-order valence-electron chi connectivity index (χ2n) is 4.14. The average Bonchev–Trinajstić information content (AvgIpc) is 2.79. The number of halogens is 1. The predicted molar refractivity (Wildman–Crippen MR) is 66.0 cm³/mol. The monoisotopic (exact) mass is 289 g/mol. The summed E-state index contributed by atoms with van der Waals surface area (Å²) in [5.74, 6) is -1.59. The number of hydrogen-bond acceptors (Lipinski definition) is 3. The maximum absolute atomic E-state index is 12.2. The quantitative estimate of drug-likeness (QED) is 0.913. The fourth-order valence-electron chi connectivity index (χ4n) is 1.92. The molecule has 1 N–H and O–H groups in total. The van der Waals surface area contributed by atoms with E-state index in [0.29, 0.717) is 11.4 Å². The van der Waals surface area contributed by atoms with Gasteiger partial charge in [-0.25, -0.2) is 8.42 Å². The summed E-state index contributed by atoms with van der Waals surface area (Å²) < 4.78 is 25.7. The Balaban J connectivity index is 2.25. The number of hydrogen-bond donors (Lipinski definition) is 1. The van der Waals surface area contributed by atoms with E-state index >= 15 is 0 Å². The van der Waals surface area contributed by atoms with Crippen LogP contribution in [0.4, 0.5) is 0 Å². The van der Waals surface area contributed by atoms with Gasteiger partial charge in [0.2, 0.25) is 10.0 Å². The fraction of sp³-hybridized carbons (Fsp3) is 0.364. The lowest BCUT2D eigenvalue weighted by molar-refractivity contribution is -0.141. The van der Waals surface area contributed by atoms with Gasteiger partial charge >= 0.3 is 5.97 Å². The van der Waals surface area contributed by atoms with E-state index in [0.717, 1.165) is 0 Å². The molecule has 1 aliphatic rings. The van der Waals surface area contributed by atoms with Crippen LogP contribution in [0.3, 0.4) is 0 Å². The topological polar surface area (TPSA) is 74.7 Å². The summed E-state index contributed by atoms with van der Waals surface area (Å²) in [5, 5.41) is 9.21. The molecule has 1 heterocycles. The first-order chi connectivity index (χ1) is 8.41. The van der Waals surface area contributed by atoms with E-state index in [9.17, 15) is 13.2 Å². The zero-order chi connectivity index (χ0) is 13.3. The molecule has 0 bridgehead atoms. The van der Waals surface area contributed by atoms with Gasteiger partial charge in [-0.1, -0.05) is 17.7 Å². The molecule has 0 aromatic heterocycles. The Morgan fingerprint density at radius 1 is 1.44 bits per heavy atom. The Morgan fingerprint density at radius 3 is 2.72 bits per heavy atom. The number of carboxylic acid groups (broad SMARTS) is 1. The van der Waals surface area contributed by atoms with Crippen molar-refractivity contribution in [2.75, 3.05) is 13.1 Å². The lowest BCUT2D eigenvalue weighted by atomic mass is 10.1. The van der Waals surface area contributed by atoms with Crippen molar-refractivity contribution < 1.29 is 18.3 Å². The maximum Gasteiger partial charge on any atom is 0.307 e. The molecule has 0 amide bonds. The zero-order valence-electron chi connectivity index (χ0n) is 9.41. The molecule has 0 aliphatic carbocycles. The molecule has 1 atom stereocenters. The molecule has 0 saturated carbocycles. The van der Waals surface area contributed by atoms with Crippen molar-refractivity contribution >= 4 is 27.6 Å². The molecule has 0 radical (unpaired) electrons. The summed E-state index contributed by atoms with van der Waals surface area (Å²) in [4.78, 5) is 10.9. The third-order valence-corrected chi connectivity index (χ3v) is 5.03. The first-order valence-corrected chi connectivity index (χ1v) is 7.21. The highest BCUT2D eigenvalue weighted by Crippen LogP contribution is 2.25. The summed E-state index contributed by atoms with van der Waals surface area (Å²) in [6, 6.07) is 5.96. The molecule has 1 saturated heterocycles. The Labute approximate surface area is 110 Å². The molecule has 1 aromatic carbocycles. The van der Waals surface area contributed by atoms with Crippen LogP contribution >= 0.6 is 11.6 Å². The average molecular weight is 290 g/mol. The van der Waals surface area contributed by atoms with Crippen LogP contribution in [0.5, 0.6) is 0 Å². The minimum Gasteiger partial charge on any atom is -0.481 e. The van der Waals surface area contributed by atoms with Crippen molar-refractivity contribution in [1.29, 1.82) is 0 Å². The van der Waals surface area contributed by atoms with Crippen LogP contribution in [0.25, 0.3) is 0 Å². The molecule has 1 aliphatic heterocycles. The van der Waals surface area contributed by atoms with Gasteiger partial charge in [0.25, 0.3) is 0 Å². The molecular weight excluding hydrogens is 278 g/mol. The molecule has 5 nitrogen and oxygen atoms in total. The summed E-state index contributed by atoms with van der Waals surface area (Å²) in [5.41, 5.74) is 0. The lowest BCUT2D eigenvalue weighted by Gasteiger charge is -2.15. The van der Waals surface area contributed by atoms with E-state index in [1.165, 1.54) is 16.4 Å². The van der Waals surface area contributed by atoms with Crippen molar-refractivity contribution in [3.63, 3.8) is 0 Å². The molecule has 98 valence electrons. The molecule has 7 heteroatoms. The van der Waals surface area contributed by atoms with E-state index in [1.807, 2.05) is 0 Å². The standard InChI is InChI=1S/C11H12ClNO4S/c12-9-2-1-3-10(6-9)18(16,17)13-5-4-8(7-13)11(14)15/h1-3,6,8H,4-5,7H2,(H,14,15). The van der Waals surface area contributed by atoms with E-state index < -0.39 is 21.9 Å². The molecule has 0 spiro atoms. The molecule has 1 fully saturated rings. The first kappa shape index (κ1) is 13.3. The lowest BCUT2D eigenvalue weighted by Crippen LogP contribution is -2.30. The van der Waals surface area contributed by atoms with Crippen LogP contribution in [0.15, 0.2) is 29.2 Å². The summed E-state index contributed by atoms with van der Waals surface area (Å²) in [6.45, 7) is 0.246. The van der Waals surface area contributed by atoms with Gasteiger partial charge in [-0.05, 0) is 24.6 Å². The third kappa shape index (κ3) is 2.50. The molecule has 1 aromatic rings. The smallest absolute Gasteiger partial charge is 0.307 e. The molecule has 2 rings (SSSR count). The Hall–Kier alpha value is -1.11. The van der Waals surface area contributed by atoms with Crippen LogP contribution in [0.2, 0.25) is 5.02 Å². The van der Waals surface area contributed by atoms with Gasteiger partial charge in [0.1, 0.15) is 0 Å². The van der Waals surface area contributed by atoms with Crippen molar-refractivity contribution in [1.82, 2.24) is 4.31 Å². The summed E-state index contributed by atoms with van der Waals surface area (Å²) in [6.07, 6.45) is 0.342. The largest absolute Gasteiger partial charge is 0.481 e. The Bertz CT molecular complexity index is 572.